The minimum atomic E-state index is -0.262. The third-order valence-electron chi connectivity index (χ3n) is 3.95. The molecule has 1 aromatic carbocycles. The summed E-state index contributed by atoms with van der Waals surface area (Å²) >= 11 is 5.01. The maximum Gasteiger partial charge on any atom is 0.230 e. The van der Waals surface area contributed by atoms with Gasteiger partial charge in [0.1, 0.15) is 4.99 Å². The Morgan fingerprint density at radius 2 is 1.89 bits per heavy atom. The van der Waals surface area contributed by atoms with Crippen molar-refractivity contribution in [1.82, 2.24) is 0 Å². The van der Waals surface area contributed by atoms with Crippen molar-refractivity contribution in [2.24, 2.45) is 11.1 Å². The van der Waals surface area contributed by atoms with E-state index in [2.05, 4.69) is 5.32 Å². The number of amides is 1. The van der Waals surface area contributed by atoms with E-state index in [0.29, 0.717) is 10.7 Å². The fraction of sp³-hybridized carbons (Fsp3) is 0.467. The van der Waals surface area contributed by atoms with Crippen molar-refractivity contribution in [3.63, 3.8) is 0 Å². The number of hydrogen-bond acceptors (Lipinski definition) is 2. The average molecular weight is 276 g/mol. The summed E-state index contributed by atoms with van der Waals surface area (Å²) in [6.45, 7) is 2.05. The summed E-state index contributed by atoms with van der Waals surface area (Å²) in [4.78, 5) is 12.8. The predicted molar refractivity (Wildman–Crippen MR) is 82.2 cm³/mol. The number of carbonyl (C=O) groups is 1. The lowest BCUT2D eigenvalue weighted by Gasteiger charge is -2.32. The van der Waals surface area contributed by atoms with Crippen molar-refractivity contribution in [3.8, 4) is 0 Å². The minimum absolute atomic E-state index is 0.0795. The molecule has 0 radical (unpaired) electrons. The Bertz CT molecular complexity index is 493. The number of thiocarbonyl (C=S) groups is 1. The molecule has 0 aliphatic heterocycles. The molecule has 0 heterocycles. The summed E-state index contributed by atoms with van der Waals surface area (Å²) in [6.07, 6.45) is 5.39. The molecule has 1 saturated carbocycles. The Morgan fingerprint density at radius 3 is 2.53 bits per heavy atom. The Kier molecular flexibility index (Phi) is 4.20. The highest BCUT2D eigenvalue weighted by molar-refractivity contribution is 7.80. The van der Waals surface area contributed by atoms with Crippen LogP contribution in [0.2, 0.25) is 0 Å². The molecular formula is C15H20N2OS. The van der Waals surface area contributed by atoms with Gasteiger partial charge < -0.3 is 11.1 Å². The molecule has 3 N–H and O–H groups in total. The molecule has 0 atom stereocenters. The first-order chi connectivity index (χ1) is 9.03. The summed E-state index contributed by atoms with van der Waals surface area (Å²) < 4.78 is 0. The Balaban J connectivity index is 2.17. The molecule has 0 saturated heterocycles. The summed E-state index contributed by atoms with van der Waals surface area (Å²) in [6, 6.07) is 7.42. The van der Waals surface area contributed by atoms with Gasteiger partial charge in [0.2, 0.25) is 5.91 Å². The van der Waals surface area contributed by atoms with Crippen LogP contribution >= 0.6 is 12.2 Å². The van der Waals surface area contributed by atoms with E-state index in [9.17, 15) is 4.79 Å². The van der Waals surface area contributed by atoms with Crippen LogP contribution in [0.25, 0.3) is 0 Å². The quantitative estimate of drug-likeness (QED) is 0.833. The lowest BCUT2D eigenvalue weighted by molar-refractivity contribution is -0.126. The van der Waals surface area contributed by atoms with Crippen LogP contribution in [0.1, 0.15) is 44.6 Å². The van der Waals surface area contributed by atoms with Crippen LogP contribution in [0.15, 0.2) is 24.3 Å². The van der Waals surface area contributed by atoms with Crippen LogP contribution in [-0.4, -0.2) is 10.9 Å². The highest BCUT2D eigenvalue weighted by atomic mass is 32.1. The van der Waals surface area contributed by atoms with Crippen molar-refractivity contribution in [1.29, 1.82) is 0 Å². The summed E-state index contributed by atoms with van der Waals surface area (Å²) in [5.41, 5.74) is 6.86. The van der Waals surface area contributed by atoms with Gasteiger partial charge in [-0.2, -0.15) is 0 Å². The standard InChI is InChI=1S/C15H20N2OS/c1-15(9-5-2-6-10-15)14(18)17-12-8-4-3-7-11(12)13(16)19/h3-4,7-8H,2,5-6,9-10H2,1H3,(H2,16,19)(H,17,18). The molecule has 1 aromatic rings. The van der Waals surface area contributed by atoms with Crippen molar-refractivity contribution >= 4 is 28.8 Å². The number of carbonyl (C=O) groups excluding carboxylic acids is 1. The zero-order valence-corrected chi connectivity index (χ0v) is 12.1. The zero-order chi connectivity index (χ0) is 13.9. The fourth-order valence-electron chi connectivity index (χ4n) is 2.64. The Hall–Kier alpha value is -1.42. The molecule has 0 bridgehead atoms. The number of anilines is 1. The SMILES string of the molecule is CC1(C(=O)Nc2ccccc2C(N)=S)CCCCC1. The van der Waals surface area contributed by atoms with E-state index < -0.39 is 0 Å². The Morgan fingerprint density at radius 1 is 1.26 bits per heavy atom. The van der Waals surface area contributed by atoms with Crippen LogP contribution in [0, 0.1) is 5.41 Å². The Labute approximate surface area is 119 Å². The van der Waals surface area contributed by atoms with Crippen LogP contribution in [-0.2, 0) is 4.79 Å². The van der Waals surface area contributed by atoms with Gasteiger partial charge in [0, 0.05) is 11.0 Å². The molecular weight excluding hydrogens is 256 g/mol. The van der Waals surface area contributed by atoms with Gasteiger partial charge in [0.15, 0.2) is 0 Å². The van der Waals surface area contributed by atoms with Crippen LogP contribution < -0.4 is 11.1 Å². The van der Waals surface area contributed by atoms with Crippen molar-refractivity contribution in [2.75, 3.05) is 5.32 Å². The van der Waals surface area contributed by atoms with Crippen LogP contribution in [0.4, 0.5) is 5.69 Å². The topological polar surface area (TPSA) is 55.1 Å². The predicted octanol–water partition coefficient (Wildman–Crippen LogP) is 3.23. The van der Waals surface area contributed by atoms with Gasteiger partial charge in [-0.05, 0) is 25.0 Å². The van der Waals surface area contributed by atoms with Gasteiger partial charge in [-0.15, -0.1) is 0 Å². The monoisotopic (exact) mass is 276 g/mol. The molecule has 2 rings (SSSR count). The first-order valence-corrected chi connectivity index (χ1v) is 7.14. The number of rotatable bonds is 3. The number of nitrogens with two attached hydrogens (primary N) is 1. The van der Waals surface area contributed by atoms with Crippen molar-refractivity contribution in [3.05, 3.63) is 29.8 Å². The minimum Gasteiger partial charge on any atom is -0.389 e. The summed E-state index contributed by atoms with van der Waals surface area (Å²) in [7, 11) is 0. The molecule has 0 aromatic heterocycles. The van der Waals surface area contributed by atoms with E-state index in [-0.39, 0.29) is 11.3 Å². The third-order valence-corrected chi connectivity index (χ3v) is 4.17. The second kappa shape index (κ2) is 5.70. The highest BCUT2D eigenvalue weighted by Gasteiger charge is 2.34. The van der Waals surface area contributed by atoms with Gasteiger partial charge in [-0.25, -0.2) is 0 Å². The van der Waals surface area contributed by atoms with E-state index in [4.69, 9.17) is 18.0 Å². The summed E-state index contributed by atoms with van der Waals surface area (Å²) in [5.74, 6) is 0.0795. The molecule has 1 aliphatic carbocycles. The normalized spacial score (nSPS) is 17.7. The van der Waals surface area contributed by atoms with Crippen LogP contribution in [0.5, 0.6) is 0 Å². The summed E-state index contributed by atoms with van der Waals surface area (Å²) in [5, 5.41) is 3.00. The van der Waals surface area contributed by atoms with E-state index in [1.165, 1.54) is 6.42 Å². The average Bonchev–Trinajstić information content (AvgIpc) is 2.40. The number of para-hydroxylation sites is 1. The van der Waals surface area contributed by atoms with E-state index in [1.54, 1.807) is 0 Å². The second-order valence-electron chi connectivity index (χ2n) is 5.49. The first kappa shape index (κ1) is 14.0. The smallest absolute Gasteiger partial charge is 0.230 e. The van der Waals surface area contributed by atoms with Gasteiger partial charge in [0.05, 0.1) is 5.69 Å². The van der Waals surface area contributed by atoms with Crippen molar-refractivity contribution < 1.29 is 4.79 Å². The lowest BCUT2D eigenvalue weighted by Crippen LogP contribution is -2.35. The van der Waals surface area contributed by atoms with Gasteiger partial charge >= 0.3 is 0 Å². The molecule has 1 amide bonds. The third kappa shape index (κ3) is 3.13. The highest BCUT2D eigenvalue weighted by Crippen LogP contribution is 2.36. The molecule has 1 fully saturated rings. The lowest BCUT2D eigenvalue weighted by atomic mass is 9.75. The molecule has 4 heteroatoms. The number of hydrogen-bond donors (Lipinski definition) is 2. The molecule has 3 nitrogen and oxygen atoms in total. The van der Waals surface area contributed by atoms with Crippen molar-refractivity contribution in [2.45, 2.75) is 39.0 Å². The fourth-order valence-corrected chi connectivity index (χ4v) is 2.82. The van der Waals surface area contributed by atoms with E-state index >= 15 is 0 Å². The maximum atomic E-state index is 12.5. The maximum absolute atomic E-state index is 12.5. The van der Waals surface area contributed by atoms with Crippen LogP contribution in [0.3, 0.4) is 0 Å². The van der Waals surface area contributed by atoms with Gasteiger partial charge in [-0.3, -0.25) is 4.79 Å². The molecule has 0 spiro atoms. The molecule has 0 unspecified atom stereocenters. The largest absolute Gasteiger partial charge is 0.389 e. The van der Waals surface area contributed by atoms with E-state index in [1.807, 2.05) is 31.2 Å². The van der Waals surface area contributed by atoms with Gasteiger partial charge in [-0.1, -0.05) is 50.5 Å². The van der Waals surface area contributed by atoms with Gasteiger partial charge in [0.25, 0.3) is 0 Å². The number of nitrogens with one attached hydrogen (secondary N) is 1. The zero-order valence-electron chi connectivity index (χ0n) is 11.2. The van der Waals surface area contributed by atoms with E-state index in [0.717, 1.165) is 31.2 Å². The molecule has 102 valence electrons. The number of benzene rings is 1. The first-order valence-electron chi connectivity index (χ1n) is 6.73. The molecule has 1 aliphatic rings. The second-order valence-corrected chi connectivity index (χ2v) is 5.93. The molecule has 19 heavy (non-hydrogen) atoms.